The Bertz CT molecular complexity index is 1080. The van der Waals surface area contributed by atoms with Crippen molar-refractivity contribution in [3.8, 4) is 5.75 Å². The first kappa shape index (κ1) is 22.2. The minimum absolute atomic E-state index is 0.0151. The number of fused-ring (bicyclic) bond motifs is 1. The van der Waals surface area contributed by atoms with Crippen LogP contribution in [-0.2, 0) is 12.6 Å². The first-order chi connectivity index (χ1) is 15.5. The SMILES string of the molecule is Cc1nc2c(OCC3CCCCC3)cccn2c1C(=O)NC(CO)(CO)c1nnn(C)n1. The molecule has 3 heterocycles. The second-order valence-corrected chi connectivity index (χ2v) is 8.38. The fraction of sp³-hybridized carbons (Fsp3) is 0.571. The topological polar surface area (TPSA) is 140 Å². The van der Waals surface area contributed by atoms with E-state index in [1.807, 2.05) is 6.07 Å². The smallest absolute Gasteiger partial charge is 0.271 e. The average Bonchev–Trinajstić information content (AvgIpc) is 3.39. The Morgan fingerprint density at radius 3 is 2.69 bits per heavy atom. The van der Waals surface area contributed by atoms with Gasteiger partial charge in [-0.1, -0.05) is 19.3 Å². The van der Waals surface area contributed by atoms with Gasteiger partial charge in [0.25, 0.3) is 5.91 Å². The molecule has 1 amide bonds. The predicted molar refractivity (Wildman–Crippen MR) is 114 cm³/mol. The quantitative estimate of drug-likeness (QED) is 0.463. The number of imidazole rings is 1. The van der Waals surface area contributed by atoms with E-state index in [9.17, 15) is 15.0 Å². The van der Waals surface area contributed by atoms with Crippen LogP contribution in [0.25, 0.3) is 5.65 Å². The molecule has 1 saturated carbocycles. The number of tetrazole rings is 1. The van der Waals surface area contributed by atoms with Gasteiger partial charge in [-0.2, -0.15) is 4.80 Å². The van der Waals surface area contributed by atoms with E-state index < -0.39 is 24.7 Å². The minimum Gasteiger partial charge on any atom is -0.489 e. The number of amides is 1. The molecule has 0 unspecified atom stereocenters. The van der Waals surface area contributed by atoms with Gasteiger partial charge in [-0.15, -0.1) is 10.2 Å². The molecule has 0 spiro atoms. The Hall–Kier alpha value is -3.05. The largest absolute Gasteiger partial charge is 0.489 e. The molecular formula is C21H29N7O4. The molecule has 1 fully saturated rings. The van der Waals surface area contributed by atoms with Gasteiger partial charge in [0.1, 0.15) is 5.69 Å². The molecule has 0 aliphatic heterocycles. The van der Waals surface area contributed by atoms with Gasteiger partial charge in [0.15, 0.2) is 16.9 Å². The van der Waals surface area contributed by atoms with Gasteiger partial charge in [0, 0.05) is 6.20 Å². The summed E-state index contributed by atoms with van der Waals surface area (Å²) in [4.78, 5) is 19.0. The van der Waals surface area contributed by atoms with Crippen LogP contribution in [0.4, 0.5) is 0 Å². The summed E-state index contributed by atoms with van der Waals surface area (Å²) in [6.07, 6.45) is 7.84. The van der Waals surface area contributed by atoms with E-state index in [0.717, 1.165) is 0 Å². The lowest BCUT2D eigenvalue weighted by molar-refractivity contribution is 0.0619. The van der Waals surface area contributed by atoms with Gasteiger partial charge < -0.3 is 20.3 Å². The zero-order chi connectivity index (χ0) is 22.7. The highest BCUT2D eigenvalue weighted by atomic mass is 16.5. The second-order valence-electron chi connectivity index (χ2n) is 8.38. The summed E-state index contributed by atoms with van der Waals surface area (Å²) in [5.74, 6) is 0.639. The summed E-state index contributed by atoms with van der Waals surface area (Å²) >= 11 is 0. The lowest BCUT2D eigenvalue weighted by Crippen LogP contribution is -2.52. The lowest BCUT2D eigenvalue weighted by Gasteiger charge is -2.27. The van der Waals surface area contributed by atoms with Crippen molar-refractivity contribution in [3.05, 3.63) is 35.5 Å². The summed E-state index contributed by atoms with van der Waals surface area (Å²) in [7, 11) is 1.56. The van der Waals surface area contributed by atoms with Crippen molar-refractivity contribution in [3.63, 3.8) is 0 Å². The highest BCUT2D eigenvalue weighted by Gasteiger charge is 2.39. The molecule has 3 aromatic rings. The fourth-order valence-electron chi connectivity index (χ4n) is 4.18. The van der Waals surface area contributed by atoms with Gasteiger partial charge in [-0.05, 0) is 43.0 Å². The van der Waals surface area contributed by atoms with Crippen molar-refractivity contribution in [2.75, 3.05) is 19.8 Å². The van der Waals surface area contributed by atoms with E-state index in [-0.39, 0.29) is 11.5 Å². The zero-order valence-electron chi connectivity index (χ0n) is 18.4. The molecule has 32 heavy (non-hydrogen) atoms. The minimum atomic E-state index is -1.59. The summed E-state index contributed by atoms with van der Waals surface area (Å²) < 4.78 is 7.75. The summed E-state index contributed by atoms with van der Waals surface area (Å²) in [5.41, 5.74) is -0.273. The molecule has 0 bridgehead atoms. The van der Waals surface area contributed by atoms with Crippen LogP contribution in [0.3, 0.4) is 0 Å². The third-order valence-corrected chi connectivity index (χ3v) is 6.03. The highest BCUT2D eigenvalue weighted by molar-refractivity contribution is 5.95. The number of carbonyl (C=O) groups excluding carboxylic acids is 1. The first-order valence-corrected chi connectivity index (χ1v) is 10.9. The molecule has 3 N–H and O–H groups in total. The number of rotatable bonds is 8. The van der Waals surface area contributed by atoms with Crippen LogP contribution in [-0.4, -0.2) is 65.5 Å². The maximum absolute atomic E-state index is 13.3. The molecule has 4 rings (SSSR count). The fourth-order valence-corrected chi connectivity index (χ4v) is 4.18. The molecule has 0 atom stereocenters. The molecule has 3 aromatic heterocycles. The van der Waals surface area contributed by atoms with Crippen LogP contribution in [0.5, 0.6) is 5.75 Å². The van der Waals surface area contributed by atoms with Crippen LogP contribution in [0.15, 0.2) is 18.3 Å². The number of carbonyl (C=O) groups is 1. The predicted octanol–water partition coefficient (Wildman–Crippen LogP) is 0.735. The third-order valence-electron chi connectivity index (χ3n) is 6.03. The Morgan fingerprint density at radius 2 is 2.03 bits per heavy atom. The summed E-state index contributed by atoms with van der Waals surface area (Å²) in [6.45, 7) is 1.15. The molecule has 0 radical (unpaired) electrons. The number of nitrogens with one attached hydrogen (secondary N) is 1. The van der Waals surface area contributed by atoms with Crippen molar-refractivity contribution in [2.45, 2.75) is 44.6 Å². The Balaban J connectivity index is 1.60. The van der Waals surface area contributed by atoms with Crippen molar-refractivity contribution >= 4 is 11.6 Å². The average molecular weight is 444 g/mol. The van der Waals surface area contributed by atoms with Gasteiger partial charge >= 0.3 is 0 Å². The van der Waals surface area contributed by atoms with E-state index in [1.54, 1.807) is 30.6 Å². The number of aliphatic hydroxyl groups is 2. The Kier molecular flexibility index (Phi) is 6.38. The monoisotopic (exact) mass is 443 g/mol. The molecule has 1 aliphatic rings. The van der Waals surface area contributed by atoms with Crippen LogP contribution >= 0.6 is 0 Å². The van der Waals surface area contributed by atoms with Crippen molar-refractivity contribution < 1.29 is 19.7 Å². The molecule has 11 nitrogen and oxygen atoms in total. The van der Waals surface area contributed by atoms with Gasteiger partial charge in [-0.3, -0.25) is 9.20 Å². The molecule has 0 aromatic carbocycles. The second kappa shape index (κ2) is 9.21. The van der Waals surface area contributed by atoms with E-state index in [2.05, 4.69) is 25.7 Å². The molecule has 11 heteroatoms. The van der Waals surface area contributed by atoms with E-state index in [1.165, 1.54) is 36.9 Å². The van der Waals surface area contributed by atoms with Gasteiger partial charge in [0.2, 0.25) is 5.82 Å². The van der Waals surface area contributed by atoms with Crippen molar-refractivity contribution in [2.24, 2.45) is 13.0 Å². The number of hydrogen-bond donors (Lipinski definition) is 3. The van der Waals surface area contributed by atoms with Crippen LogP contribution < -0.4 is 10.1 Å². The molecule has 0 saturated heterocycles. The third kappa shape index (κ3) is 4.17. The normalized spacial score (nSPS) is 15.2. The van der Waals surface area contributed by atoms with Crippen LogP contribution in [0.2, 0.25) is 0 Å². The standard InChI is InChI=1S/C21H29N7O4/c1-14-17(19(31)23-21(12-29,13-30)20-24-26-27(2)25-20)28-10-6-9-16(18(28)22-14)32-11-15-7-4-3-5-8-15/h6,9-10,15,29-30H,3-5,7-8,11-13H2,1-2H3,(H,23,31). The van der Waals surface area contributed by atoms with E-state index in [4.69, 9.17) is 4.74 Å². The van der Waals surface area contributed by atoms with Crippen molar-refractivity contribution in [1.29, 1.82) is 0 Å². The number of ether oxygens (including phenoxy) is 1. The van der Waals surface area contributed by atoms with E-state index in [0.29, 0.717) is 29.6 Å². The van der Waals surface area contributed by atoms with Crippen LogP contribution in [0.1, 0.15) is 54.1 Å². The molecule has 1 aliphatic carbocycles. The number of nitrogens with zero attached hydrogens (tertiary/aromatic N) is 6. The van der Waals surface area contributed by atoms with Crippen LogP contribution in [0, 0.1) is 12.8 Å². The maximum atomic E-state index is 13.3. The summed E-state index contributed by atoms with van der Waals surface area (Å²) in [5, 5.41) is 34.3. The number of aromatic nitrogens is 6. The Morgan fingerprint density at radius 1 is 1.28 bits per heavy atom. The van der Waals surface area contributed by atoms with Crippen molar-refractivity contribution in [1.82, 2.24) is 34.9 Å². The van der Waals surface area contributed by atoms with E-state index >= 15 is 0 Å². The zero-order valence-corrected chi connectivity index (χ0v) is 18.4. The number of aliphatic hydroxyl groups excluding tert-OH is 2. The lowest BCUT2D eigenvalue weighted by atomic mass is 9.90. The number of hydrogen-bond acceptors (Lipinski definition) is 8. The summed E-state index contributed by atoms with van der Waals surface area (Å²) in [6, 6.07) is 3.65. The molecule has 172 valence electrons. The highest BCUT2D eigenvalue weighted by Crippen LogP contribution is 2.27. The number of pyridine rings is 1. The maximum Gasteiger partial charge on any atom is 0.271 e. The first-order valence-electron chi connectivity index (χ1n) is 10.9. The van der Waals surface area contributed by atoms with Gasteiger partial charge in [-0.25, -0.2) is 4.98 Å². The van der Waals surface area contributed by atoms with Gasteiger partial charge in [0.05, 0.1) is 32.6 Å². The Labute approximate surface area is 185 Å². The number of aryl methyl sites for hydroxylation is 2. The molecular weight excluding hydrogens is 414 g/mol.